The molecule has 0 radical (unpaired) electrons. The van der Waals surface area contributed by atoms with Gasteiger partial charge in [-0.15, -0.1) is 5.10 Å². The van der Waals surface area contributed by atoms with E-state index >= 15 is 0 Å². The molecule has 0 atom stereocenters. The average Bonchev–Trinajstić information content (AvgIpc) is 2.49. The maximum Gasteiger partial charge on any atom is 0.288 e. The van der Waals surface area contributed by atoms with Crippen molar-refractivity contribution in [2.45, 2.75) is 6.92 Å². The highest BCUT2D eigenvalue weighted by molar-refractivity contribution is 5.89. The van der Waals surface area contributed by atoms with Crippen molar-refractivity contribution in [3.8, 4) is 0 Å². The van der Waals surface area contributed by atoms with E-state index in [0.717, 1.165) is 5.69 Å². The second kappa shape index (κ2) is 2.51. The van der Waals surface area contributed by atoms with Gasteiger partial charge in [0.2, 0.25) is 5.82 Å². The van der Waals surface area contributed by atoms with Gasteiger partial charge in [0.15, 0.2) is 0 Å². The molecular weight excluding hydrogens is 170 g/mol. The number of nitrogens with zero attached hydrogens (tertiary/aromatic N) is 4. The summed E-state index contributed by atoms with van der Waals surface area (Å²) < 4.78 is 1.47. The zero-order valence-corrected chi connectivity index (χ0v) is 6.93. The van der Waals surface area contributed by atoms with Crippen molar-refractivity contribution in [1.29, 1.82) is 0 Å². The molecule has 0 fully saturated rings. The lowest BCUT2D eigenvalue weighted by molar-refractivity contribution is 0.0990. The number of carbonyl (C=O) groups excluding carboxylic acids is 1. The van der Waals surface area contributed by atoms with Crippen molar-refractivity contribution in [2.24, 2.45) is 5.73 Å². The van der Waals surface area contributed by atoms with E-state index in [1.807, 2.05) is 6.92 Å². The first-order chi connectivity index (χ1) is 6.18. The van der Waals surface area contributed by atoms with E-state index in [0.29, 0.717) is 5.78 Å². The smallest absolute Gasteiger partial charge is 0.288 e. The predicted molar refractivity (Wildman–Crippen MR) is 44.0 cm³/mol. The molecule has 2 rings (SSSR count). The Bertz CT molecular complexity index is 475. The summed E-state index contributed by atoms with van der Waals surface area (Å²) in [5.74, 6) is -0.277. The molecule has 13 heavy (non-hydrogen) atoms. The molecule has 0 spiro atoms. The largest absolute Gasteiger partial charge is 0.363 e. The average molecular weight is 177 g/mol. The summed E-state index contributed by atoms with van der Waals surface area (Å²) in [4.78, 5) is 18.5. The van der Waals surface area contributed by atoms with Crippen LogP contribution in [0.15, 0.2) is 12.3 Å². The molecule has 6 heteroatoms. The molecule has 0 aliphatic carbocycles. The second-order valence-corrected chi connectivity index (χ2v) is 2.60. The Labute approximate surface area is 73.4 Å². The number of hydrogen-bond acceptors (Lipinski definition) is 4. The van der Waals surface area contributed by atoms with E-state index in [-0.39, 0.29) is 5.82 Å². The van der Waals surface area contributed by atoms with Crippen molar-refractivity contribution in [1.82, 2.24) is 19.6 Å². The number of rotatable bonds is 1. The lowest BCUT2D eigenvalue weighted by Gasteiger charge is -1.92. The van der Waals surface area contributed by atoms with Gasteiger partial charge in [0.05, 0.1) is 0 Å². The molecule has 0 aliphatic heterocycles. The standard InChI is InChI=1S/C7H7N5O/c1-4-2-3-9-7-10-6(5(8)13)11-12(4)7/h2-3H,1H3,(H2,8,13). The minimum atomic E-state index is -0.648. The first-order valence-corrected chi connectivity index (χ1v) is 3.66. The molecule has 0 saturated carbocycles. The third-order valence-electron chi connectivity index (χ3n) is 1.65. The van der Waals surface area contributed by atoms with Crippen molar-refractivity contribution in [3.63, 3.8) is 0 Å². The number of nitrogens with two attached hydrogens (primary N) is 1. The van der Waals surface area contributed by atoms with E-state index in [4.69, 9.17) is 5.73 Å². The van der Waals surface area contributed by atoms with Gasteiger partial charge < -0.3 is 5.73 Å². The monoisotopic (exact) mass is 177 g/mol. The Morgan fingerprint density at radius 1 is 1.62 bits per heavy atom. The molecule has 1 amide bonds. The van der Waals surface area contributed by atoms with Gasteiger partial charge in [0.25, 0.3) is 11.7 Å². The second-order valence-electron chi connectivity index (χ2n) is 2.60. The maximum absolute atomic E-state index is 10.7. The van der Waals surface area contributed by atoms with Crippen LogP contribution < -0.4 is 5.73 Å². The van der Waals surface area contributed by atoms with Crippen molar-refractivity contribution in [2.75, 3.05) is 0 Å². The summed E-state index contributed by atoms with van der Waals surface area (Å²) >= 11 is 0. The third kappa shape index (κ3) is 1.12. The van der Waals surface area contributed by atoms with Crippen LogP contribution in [0, 0.1) is 6.92 Å². The minimum Gasteiger partial charge on any atom is -0.363 e. The molecule has 0 aromatic carbocycles. The van der Waals surface area contributed by atoms with Gasteiger partial charge >= 0.3 is 0 Å². The molecule has 0 bridgehead atoms. The summed E-state index contributed by atoms with van der Waals surface area (Å²) in [5, 5.41) is 3.88. The molecule has 0 aliphatic rings. The van der Waals surface area contributed by atoms with Crippen LogP contribution in [-0.4, -0.2) is 25.5 Å². The molecule has 2 N–H and O–H groups in total. The van der Waals surface area contributed by atoms with Crippen molar-refractivity contribution < 1.29 is 4.79 Å². The molecule has 2 heterocycles. The summed E-state index contributed by atoms with van der Waals surface area (Å²) in [6.07, 6.45) is 1.60. The lowest BCUT2D eigenvalue weighted by Crippen LogP contribution is -2.13. The topological polar surface area (TPSA) is 86.2 Å². The fourth-order valence-electron chi connectivity index (χ4n) is 1.01. The summed E-state index contributed by atoms with van der Waals surface area (Å²) in [7, 11) is 0. The zero-order valence-electron chi connectivity index (χ0n) is 6.93. The maximum atomic E-state index is 10.7. The lowest BCUT2D eigenvalue weighted by atomic mass is 10.5. The van der Waals surface area contributed by atoms with Gasteiger partial charge in [-0.05, 0) is 13.0 Å². The molecule has 0 unspecified atom stereocenters. The highest BCUT2D eigenvalue weighted by Crippen LogP contribution is 2.00. The van der Waals surface area contributed by atoms with E-state index in [1.165, 1.54) is 4.52 Å². The zero-order chi connectivity index (χ0) is 9.42. The van der Waals surface area contributed by atoms with E-state index in [1.54, 1.807) is 12.3 Å². The first-order valence-electron chi connectivity index (χ1n) is 3.66. The fraction of sp³-hybridized carbons (Fsp3) is 0.143. The number of carbonyl (C=O) groups is 1. The van der Waals surface area contributed by atoms with Gasteiger partial charge in [-0.2, -0.15) is 4.98 Å². The molecule has 6 nitrogen and oxygen atoms in total. The highest BCUT2D eigenvalue weighted by atomic mass is 16.1. The molecule has 0 saturated heterocycles. The molecule has 2 aromatic heterocycles. The number of aryl methyl sites for hydroxylation is 1. The number of fused-ring (bicyclic) bond motifs is 1. The number of amides is 1. The Morgan fingerprint density at radius 3 is 3.00 bits per heavy atom. The molecule has 2 aromatic rings. The number of hydrogen-bond donors (Lipinski definition) is 1. The number of primary amides is 1. The van der Waals surface area contributed by atoms with Crippen LogP contribution in [0.3, 0.4) is 0 Å². The van der Waals surface area contributed by atoms with E-state index in [2.05, 4.69) is 15.1 Å². The summed E-state index contributed by atoms with van der Waals surface area (Å²) in [6.45, 7) is 1.84. The quantitative estimate of drug-likeness (QED) is 0.638. The van der Waals surface area contributed by atoms with Gasteiger partial charge in [0, 0.05) is 11.9 Å². The van der Waals surface area contributed by atoms with Crippen LogP contribution in [0.25, 0.3) is 5.78 Å². The van der Waals surface area contributed by atoms with Crippen LogP contribution >= 0.6 is 0 Å². The van der Waals surface area contributed by atoms with Crippen LogP contribution in [-0.2, 0) is 0 Å². The Kier molecular flexibility index (Phi) is 1.48. The minimum absolute atomic E-state index is 0.0122. The van der Waals surface area contributed by atoms with Crippen LogP contribution in [0.5, 0.6) is 0 Å². The van der Waals surface area contributed by atoms with Gasteiger partial charge in [-0.3, -0.25) is 4.79 Å². The van der Waals surface area contributed by atoms with Gasteiger partial charge in [-0.25, -0.2) is 9.50 Å². The van der Waals surface area contributed by atoms with Gasteiger partial charge in [0.1, 0.15) is 0 Å². The van der Waals surface area contributed by atoms with Crippen LogP contribution in [0.1, 0.15) is 16.3 Å². The van der Waals surface area contributed by atoms with Crippen molar-refractivity contribution >= 4 is 11.7 Å². The normalized spacial score (nSPS) is 10.5. The van der Waals surface area contributed by atoms with Crippen LogP contribution in [0.2, 0.25) is 0 Å². The van der Waals surface area contributed by atoms with Gasteiger partial charge in [-0.1, -0.05) is 0 Å². The van der Waals surface area contributed by atoms with E-state index in [9.17, 15) is 4.79 Å². The SMILES string of the molecule is Cc1ccnc2nc(C(N)=O)nn12. The van der Waals surface area contributed by atoms with Crippen LogP contribution in [0.4, 0.5) is 0 Å². The summed E-state index contributed by atoms with van der Waals surface area (Å²) in [6, 6.07) is 1.77. The highest BCUT2D eigenvalue weighted by Gasteiger charge is 2.09. The molecule has 66 valence electrons. The summed E-state index contributed by atoms with van der Waals surface area (Å²) in [5.41, 5.74) is 5.87. The fourth-order valence-corrected chi connectivity index (χ4v) is 1.01. The predicted octanol–water partition coefficient (Wildman–Crippen LogP) is -0.468. The van der Waals surface area contributed by atoms with Crippen molar-refractivity contribution in [3.05, 3.63) is 23.8 Å². The number of aromatic nitrogens is 4. The Morgan fingerprint density at radius 2 is 2.38 bits per heavy atom. The van der Waals surface area contributed by atoms with E-state index < -0.39 is 5.91 Å². The Hall–Kier alpha value is -1.98. The Balaban J connectivity index is 2.75. The molecular formula is C7H7N5O. The first kappa shape index (κ1) is 7.66. The third-order valence-corrected chi connectivity index (χ3v) is 1.65.